The van der Waals surface area contributed by atoms with Gasteiger partial charge in [0, 0.05) is 37.1 Å². The number of rotatable bonds is 39. The summed E-state index contributed by atoms with van der Waals surface area (Å²) in [6, 6.07) is 12.6. The number of pyridine rings is 1. The zero-order valence-electron chi connectivity index (χ0n) is 39.8. The topological polar surface area (TPSA) is 51.4 Å². The van der Waals surface area contributed by atoms with E-state index in [-0.39, 0.29) is 11.3 Å². The van der Waals surface area contributed by atoms with Crippen LogP contribution in [0.25, 0.3) is 0 Å². The van der Waals surface area contributed by atoms with Gasteiger partial charge in [-0.2, -0.15) is 0 Å². The molecule has 1 N–H and O–H groups in total. The first-order chi connectivity index (χ1) is 28.8. The molecule has 0 radical (unpaired) electrons. The molecule has 0 bridgehead atoms. The number of amides is 1. The van der Waals surface area contributed by atoms with E-state index in [0.717, 1.165) is 68.7 Å². The highest BCUT2D eigenvalue weighted by molar-refractivity contribution is 5.81. The zero-order valence-corrected chi connectivity index (χ0v) is 39.8. The molecule has 0 aliphatic carbocycles. The number of aryl methyl sites for hydroxylation is 1. The Hall–Kier alpha value is -2.56. The Balaban J connectivity index is 1.85. The molecule has 2 rings (SSSR count). The average Bonchev–Trinajstić information content (AvgIpc) is 3.22. The summed E-state index contributed by atoms with van der Waals surface area (Å²) in [5, 5.41) is 3.25. The third-order valence-corrected chi connectivity index (χ3v) is 12.1. The van der Waals surface area contributed by atoms with Crippen LogP contribution in [0, 0.1) is 0 Å². The number of nitrogens with one attached hydrogen (secondary N) is 1. The average molecular weight is 820 g/mol. The van der Waals surface area contributed by atoms with Crippen molar-refractivity contribution in [1.29, 1.82) is 0 Å². The van der Waals surface area contributed by atoms with Crippen molar-refractivity contribution in [3.05, 3.63) is 53.9 Å². The second-order valence-corrected chi connectivity index (χ2v) is 18.8. The summed E-state index contributed by atoms with van der Waals surface area (Å²) in [6.45, 7) is 15.8. The Morgan fingerprint density at radius 3 is 1.59 bits per heavy atom. The number of carbonyl (C=O) groups is 1. The van der Waals surface area contributed by atoms with E-state index in [1.54, 1.807) is 0 Å². The van der Waals surface area contributed by atoms with E-state index in [4.69, 9.17) is 9.47 Å². The zero-order chi connectivity index (χ0) is 42.7. The molecule has 0 spiro atoms. The van der Waals surface area contributed by atoms with Gasteiger partial charge >= 0.3 is 0 Å². The molecule has 1 aromatic heterocycles. The van der Waals surface area contributed by atoms with Crippen molar-refractivity contribution in [2.75, 3.05) is 13.2 Å². The Morgan fingerprint density at radius 2 is 1.10 bits per heavy atom. The summed E-state index contributed by atoms with van der Waals surface area (Å²) in [5.74, 6) is 1.69. The maximum atomic E-state index is 13.8. The molecule has 5 heteroatoms. The molecular formula is C54H95N2O3+. The molecule has 0 saturated carbocycles. The van der Waals surface area contributed by atoms with Crippen molar-refractivity contribution in [1.82, 2.24) is 5.32 Å². The molecule has 1 amide bonds. The van der Waals surface area contributed by atoms with Crippen molar-refractivity contribution in [3.63, 3.8) is 0 Å². The first-order valence-electron chi connectivity index (χ1n) is 25.5. The number of aromatic nitrogens is 1. The number of unbranched alkanes of at least 4 members (excludes halogenated alkanes) is 26. The van der Waals surface area contributed by atoms with Crippen molar-refractivity contribution in [2.24, 2.45) is 0 Å². The lowest BCUT2D eigenvalue weighted by molar-refractivity contribution is -0.704. The molecule has 1 unspecified atom stereocenters. The predicted molar refractivity (Wildman–Crippen MR) is 254 cm³/mol. The second-order valence-electron chi connectivity index (χ2n) is 18.8. The Bertz CT molecular complexity index is 1290. The van der Waals surface area contributed by atoms with Gasteiger partial charge < -0.3 is 14.8 Å². The molecule has 5 nitrogen and oxygen atoms in total. The van der Waals surface area contributed by atoms with Gasteiger partial charge in [-0.05, 0) is 42.9 Å². The smallest absolute Gasteiger partial charge is 0.261 e. The van der Waals surface area contributed by atoms with Gasteiger partial charge in [0.15, 0.2) is 18.0 Å². The minimum Gasteiger partial charge on any atom is -0.493 e. The Kier molecular flexibility index (Phi) is 31.3. The van der Waals surface area contributed by atoms with Crippen LogP contribution in [-0.2, 0) is 23.2 Å². The second kappa shape index (κ2) is 35.1. The third kappa shape index (κ3) is 26.4. The van der Waals surface area contributed by atoms with Crippen LogP contribution in [0.5, 0.6) is 11.5 Å². The maximum absolute atomic E-state index is 13.8. The molecule has 2 aromatic rings. The van der Waals surface area contributed by atoms with Gasteiger partial charge in [-0.3, -0.25) is 4.79 Å². The summed E-state index contributed by atoms with van der Waals surface area (Å²) >= 11 is 0. The van der Waals surface area contributed by atoms with Crippen LogP contribution in [-0.4, -0.2) is 25.2 Å². The van der Waals surface area contributed by atoms with Gasteiger partial charge in [0.2, 0.25) is 0 Å². The summed E-state index contributed by atoms with van der Waals surface area (Å²) in [5.41, 5.74) is 2.28. The van der Waals surface area contributed by atoms with Crippen molar-refractivity contribution in [3.8, 4) is 11.5 Å². The lowest BCUT2D eigenvalue weighted by Gasteiger charge is -2.25. The SMILES string of the molecule is CCCCCCCCCCCCCCCCOc1ccc(OC(CCCCCCCCCCCCCCCC)C(=O)NCCc2cccc[n+]2CCC)cc1C(C)(C)C. The van der Waals surface area contributed by atoms with Crippen molar-refractivity contribution >= 4 is 5.91 Å². The first kappa shape index (κ1) is 52.6. The lowest BCUT2D eigenvalue weighted by atomic mass is 9.86. The number of hydrogen-bond donors (Lipinski definition) is 1. The molecule has 0 aliphatic rings. The van der Waals surface area contributed by atoms with Crippen molar-refractivity contribution < 1.29 is 18.8 Å². The number of carbonyl (C=O) groups excluding carboxylic acids is 1. The highest BCUT2D eigenvalue weighted by atomic mass is 16.5. The highest BCUT2D eigenvalue weighted by Crippen LogP contribution is 2.35. The molecule has 0 fully saturated rings. The molecule has 0 saturated heterocycles. The van der Waals surface area contributed by atoms with Crippen LogP contribution in [0.2, 0.25) is 0 Å². The van der Waals surface area contributed by atoms with Gasteiger partial charge in [0.05, 0.1) is 6.61 Å². The molecule has 1 aromatic carbocycles. The summed E-state index contributed by atoms with van der Waals surface area (Å²) < 4.78 is 15.3. The minimum atomic E-state index is -0.513. The van der Waals surface area contributed by atoms with Crippen LogP contribution in [0.15, 0.2) is 42.6 Å². The van der Waals surface area contributed by atoms with Gasteiger partial charge in [0.1, 0.15) is 18.0 Å². The first-order valence-corrected chi connectivity index (χ1v) is 25.5. The van der Waals surface area contributed by atoms with Crippen LogP contribution in [0.4, 0.5) is 0 Å². The Labute approximate surface area is 366 Å². The van der Waals surface area contributed by atoms with Gasteiger partial charge in [0.25, 0.3) is 5.91 Å². The molecule has 59 heavy (non-hydrogen) atoms. The fraction of sp³-hybridized carbons (Fsp3) is 0.778. The van der Waals surface area contributed by atoms with Crippen LogP contribution >= 0.6 is 0 Å². The quantitative estimate of drug-likeness (QED) is 0.0540. The standard InChI is InChI=1S/C54H94N2O3/c1-7-10-12-14-16-18-20-22-24-26-28-30-32-34-39-52(53(57)55-43-42-48-38-35-36-45-56(48)44-9-3)59-49-40-41-51(50(47-49)54(4,5)6)58-46-37-33-31-29-27-25-23-21-19-17-15-13-11-8-2/h35-36,38,40-41,45,47,52H,7-34,37,39,42-44,46H2,1-6H3/p+1. The van der Waals surface area contributed by atoms with E-state index in [2.05, 4.69) is 88.0 Å². The van der Waals surface area contributed by atoms with E-state index < -0.39 is 6.10 Å². The van der Waals surface area contributed by atoms with E-state index in [0.29, 0.717) is 6.54 Å². The number of hydrogen-bond acceptors (Lipinski definition) is 3. The van der Waals surface area contributed by atoms with Crippen LogP contribution in [0.1, 0.15) is 245 Å². The third-order valence-electron chi connectivity index (χ3n) is 12.1. The van der Waals surface area contributed by atoms with E-state index in [9.17, 15) is 4.79 Å². The van der Waals surface area contributed by atoms with E-state index >= 15 is 0 Å². The van der Waals surface area contributed by atoms with Crippen LogP contribution in [0.3, 0.4) is 0 Å². The predicted octanol–water partition coefficient (Wildman–Crippen LogP) is 15.5. The van der Waals surface area contributed by atoms with Gasteiger partial charge in [-0.15, -0.1) is 0 Å². The minimum absolute atomic E-state index is 0.00638. The Morgan fingerprint density at radius 1 is 0.610 bits per heavy atom. The normalized spacial score (nSPS) is 12.2. The fourth-order valence-corrected chi connectivity index (χ4v) is 8.33. The number of nitrogens with zero attached hydrogens (tertiary/aromatic N) is 1. The van der Waals surface area contributed by atoms with E-state index in [1.807, 2.05) is 6.07 Å². The summed E-state index contributed by atoms with van der Waals surface area (Å²) in [4.78, 5) is 13.8. The lowest BCUT2D eigenvalue weighted by Crippen LogP contribution is -2.42. The molecule has 1 atom stereocenters. The monoisotopic (exact) mass is 820 g/mol. The highest BCUT2D eigenvalue weighted by Gasteiger charge is 2.24. The van der Waals surface area contributed by atoms with Gasteiger partial charge in [-0.25, -0.2) is 4.57 Å². The summed E-state index contributed by atoms with van der Waals surface area (Å²) in [6.07, 6.45) is 41.7. The van der Waals surface area contributed by atoms with Crippen molar-refractivity contribution in [2.45, 2.75) is 259 Å². The number of ether oxygens (including phenoxy) is 2. The largest absolute Gasteiger partial charge is 0.493 e. The number of benzene rings is 1. The molecular weight excluding hydrogens is 725 g/mol. The maximum Gasteiger partial charge on any atom is 0.261 e. The molecule has 338 valence electrons. The van der Waals surface area contributed by atoms with Gasteiger partial charge in [-0.1, -0.05) is 215 Å². The summed E-state index contributed by atoms with van der Waals surface area (Å²) in [7, 11) is 0. The van der Waals surface area contributed by atoms with Crippen LogP contribution < -0.4 is 19.4 Å². The molecule has 1 heterocycles. The fourth-order valence-electron chi connectivity index (χ4n) is 8.33. The van der Waals surface area contributed by atoms with E-state index in [1.165, 1.54) is 166 Å². The molecule has 0 aliphatic heterocycles.